The first-order valence-electron chi connectivity index (χ1n) is 6.53. The van der Waals surface area contributed by atoms with Crippen molar-refractivity contribution in [3.05, 3.63) is 65.2 Å². The third-order valence-corrected chi connectivity index (χ3v) is 5.60. The summed E-state index contributed by atoms with van der Waals surface area (Å²) in [5.74, 6) is 0. The highest BCUT2D eigenvalue weighted by Gasteiger charge is 2.28. The summed E-state index contributed by atoms with van der Waals surface area (Å²) in [6.45, 7) is 3.90. The van der Waals surface area contributed by atoms with Crippen molar-refractivity contribution in [3.8, 4) is 0 Å². The van der Waals surface area contributed by atoms with Crippen LogP contribution in [0, 0.1) is 13.8 Å². The van der Waals surface area contributed by atoms with Crippen molar-refractivity contribution in [2.75, 3.05) is 6.54 Å². The van der Waals surface area contributed by atoms with E-state index in [-0.39, 0.29) is 6.54 Å². The van der Waals surface area contributed by atoms with Gasteiger partial charge in [-0.25, -0.2) is 8.42 Å². The molecule has 0 unspecified atom stereocenters. The molecular formula is C16H19NO2S. The summed E-state index contributed by atoms with van der Waals surface area (Å²) in [5, 5.41) is -0.702. The van der Waals surface area contributed by atoms with Crippen LogP contribution in [0.3, 0.4) is 0 Å². The van der Waals surface area contributed by atoms with E-state index in [1.807, 2.05) is 38.1 Å². The summed E-state index contributed by atoms with van der Waals surface area (Å²) in [4.78, 5) is 0.321. The molecular weight excluding hydrogens is 270 g/mol. The minimum Gasteiger partial charge on any atom is -0.329 e. The summed E-state index contributed by atoms with van der Waals surface area (Å²) in [5.41, 5.74) is 8.50. The summed E-state index contributed by atoms with van der Waals surface area (Å²) >= 11 is 0. The van der Waals surface area contributed by atoms with Crippen LogP contribution in [0.4, 0.5) is 0 Å². The highest BCUT2D eigenvalue weighted by molar-refractivity contribution is 7.91. The molecule has 0 saturated heterocycles. The van der Waals surface area contributed by atoms with Gasteiger partial charge in [-0.15, -0.1) is 0 Å². The van der Waals surface area contributed by atoms with E-state index in [1.165, 1.54) is 0 Å². The standard InChI is InChI=1S/C16H19NO2S/c1-12-7-9-14(10-8-12)20(18,19)16(11-17)15-6-4-3-5-13(15)2/h3-10,16H,11,17H2,1-2H3/t16-/m0/s1. The van der Waals surface area contributed by atoms with Crippen LogP contribution in [-0.4, -0.2) is 15.0 Å². The van der Waals surface area contributed by atoms with Crippen LogP contribution in [0.15, 0.2) is 53.4 Å². The zero-order chi connectivity index (χ0) is 14.8. The Labute approximate surface area is 120 Å². The van der Waals surface area contributed by atoms with Gasteiger partial charge in [0.2, 0.25) is 0 Å². The smallest absolute Gasteiger partial charge is 0.186 e. The Balaban J connectivity index is 2.51. The van der Waals surface area contributed by atoms with Crippen LogP contribution in [0.5, 0.6) is 0 Å². The molecule has 20 heavy (non-hydrogen) atoms. The maximum Gasteiger partial charge on any atom is 0.186 e. The third-order valence-electron chi connectivity index (χ3n) is 3.47. The Morgan fingerprint density at radius 1 is 1.00 bits per heavy atom. The number of nitrogens with two attached hydrogens (primary N) is 1. The molecule has 2 rings (SSSR count). The number of aryl methyl sites for hydroxylation is 2. The molecule has 0 fully saturated rings. The quantitative estimate of drug-likeness (QED) is 0.941. The van der Waals surface area contributed by atoms with E-state index in [2.05, 4.69) is 0 Å². The van der Waals surface area contributed by atoms with Crippen LogP contribution in [0.25, 0.3) is 0 Å². The highest BCUT2D eigenvalue weighted by atomic mass is 32.2. The Morgan fingerprint density at radius 3 is 2.15 bits per heavy atom. The lowest BCUT2D eigenvalue weighted by Gasteiger charge is -2.18. The van der Waals surface area contributed by atoms with Gasteiger partial charge in [0.1, 0.15) is 5.25 Å². The molecule has 0 aliphatic carbocycles. The third kappa shape index (κ3) is 2.76. The summed E-state index contributed by atoms with van der Waals surface area (Å²) in [6.07, 6.45) is 0. The molecule has 0 amide bonds. The molecule has 106 valence electrons. The second-order valence-electron chi connectivity index (χ2n) is 4.94. The van der Waals surface area contributed by atoms with Crippen LogP contribution < -0.4 is 5.73 Å². The van der Waals surface area contributed by atoms with Crippen molar-refractivity contribution in [1.82, 2.24) is 0 Å². The van der Waals surface area contributed by atoms with E-state index in [0.717, 1.165) is 16.7 Å². The van der Waals surface area contributed by atoms with E-state index in [0.29, 0.717) is 4.90 Å². The maximum absolute atomic E-state index is 12.7. The SMILES string of the molecule is Cc1ccc(S(=O)(=O)[C@@H](CN)c2ccccc2C)cc1. The van der Waals surface area contributed by atoms with Gasteiger partial charge >= 0.3 is 0 Å². The molecule has 2 aromatic rings. The molecule has 0 bridgehead atoms. The Morgan fingerprint density at radius 2 is 1.60 bits per heavy atom. The second kappa shape index (κ2) is 5.77. The summed E-state index contributed by atoms with van der Waals surface area (Å²) in [7, 11) is -3.47. The molecule has 0 saturated carbocycles. The lowest BCUT2D eigenvalue weighted by atomic mass is 10.1. The fourth-order valence-electron chi connectivity index (χ4n) is 2.26. The summed E-state index contributed by atoms with van der Waals surface area (Å²) in [6, 6.07) is 14.4. The van der Waals surface area contributed by atoms with Gasteiger partial charge in [0.15, 0.2) is 9.84 Å². The molecule has 0 aliphatic heterocycles. The van der Waals surface area contributed by atoms with Gasteiger partial charge in [-0.3, -0.25) is 0 Å². The van der Waals surface area contributed by atoms with E-state index < -0.39 is 15.1 Å². The molecule has 0 spiro atoms. The van der Waals surface area contributed by atoms with Gasteiger partial charge in [-0.05, 0) is 37.1 Å². The van der Waals surface area contributed by atoms with Crippen LogP contribution >= 0.6 is 0 Å². The molecule has 2 N–H and O–H groups in total. The number of rotatable bonds is 4. The molecule has 2 aromatic carbocycles. The van der Waals surface area contributed by atoms with Gasteiger partial charge in [0, 0.05) is 6.54 Å². The van der Waals surface area contributed by atoms with E-state index in [9.17, 15) is 8.42 Å². The number of sulfone groups is 1. The average Bonchev–Trinajstić information content (AvgIpc) is 2.42. The van der Waals surface area contributed by atoms with Crippen molar-refractivity contribution < 1.29 is 8.42 Å². The first-order chi connectivity index (χ1) is 9.46. The topological polar surface area (TPSA) is 60.2 Å². The maximum atomic E-state index is 12.7. The fraction of sp³-hybridized carbons (Fsp3) is 0.250. The predicted molar refractivity (Wildman–Crippen MR) is 81.3 cm³/mol. The van der Waals surface area contributed by atoms with Gasteiger partial charge in [-0.1, -0.05) is 42.0 Å². The van der Waals surface area contributed by atoms with E-state index >= 15 is 0 Å². The van der Waals surface area contributed by atoms with E-state index in [1.54, 1.807) is 24.3 Å². The second-order valence-corrected chi connectivity index (χ2v) is 7.07. The lowest BCUT2D eigenvalue weighted by Crippen LogP contribution is -2.23. The zero-order valence-corrected chi connectivity index (χ0v) is 12.5. The summed E-state index contributed by atoms with van der Waals surface area (Å²) < 4.78 is 25.5. The molecule has 0 aromatic heterocycles. The van der Waals surface area contributed by atoms with Gasteiger partial charge in [0.05, 0.1) is 4.90 Å². The van der Waals surface area contributed by atoms with Gasteiger partial charge in [0.25, 0.3) is 0 Å². The molecule has 0 aliphatic rings. The minimum atomic E-state index is -3.47. The fourth-order valence-corrected chi connectivity index (χ4v) is 3.96. The molecule has 3 nitrogen and oxygen atoms in total. The van der Waals surface area contributed by atoms with Crippen molar-refractivity contribution in [2.45, 2.75) is 24.0 Å². The van der Waals surface area contributed by atoms with Crippen molar-refractivity contribution >= 4 is 9.84 Å². The predicted octanol–water partition coefficient (Wildman–Crippen LogP) is 2.78. The highest BCUT2D eigenvalue weighted by Crippen LogP contribution is 2.30. The Kier molecular flexibility index (Phi) is 4.26. The van der Waals surface area contributed by atoms with Crippen molar-refractivity contribution in [2.24, 2.45) is 5.73 Å². The van der Waals surface area contributed by atoms with Gasteiger partial charge < -0.3 is 5.73 Å². The normalized spacial score (nSPS) is 13.2. The first-order valence-corrected chi connectivity index (χ1v) is 8.07. The number of benzene rings is 2. The largest absolute Gasteiger partial charge is 0.329 e. The van der Waals surface area contributed by atoms with Crippen LogP contribution in [-0.2, 0) is 9.84 Å². The zero-order valence-electron chi connectivity index (χ0n) is 11.7. The first kappa shape index (κ1) is 14.8. The van der Waals surface area contributed by atoms with Crippen molar-refractivity contribution in [3.63, 3.8) is 0 Å². The monoisotopic (exact) mass is 289 g/mol. The van der Waals surface area contributed by atoms with Crippen LogP contribution in [0.1, 0.15) is 21.9 Å². The Hall–Kier alpha value is -1.65. The lowest BCUT2D eigenvalue weighted by molar-refractivity contribution is 0.582. The molecule has 0 radical (unpaired) electrons. The molecule has 1 atom stereocenters. The van der Waals surface area contributed by atoms with Gasteiger partial charge in [-0.2, -0.15) is 0 Å². The number of hydrogen-bond donors (Lipinski definition) is 1. The Bertz CT molecular complexity index is 691. The number of hydrogen-bond acceptors (Lipinski definition) is 3. The van der Waals surface area contributed by atoms with E-state index in [4.69, 9.17) is 5.73 Å². The minimum absolute atomic E-state index is 0.0705. The average molecular weight is 289 g/mol. The molecule has 0 heterocycles. The molecule has 4 heteroatoms. The van der Waals surface area contributed by atoms with Crippen molar-refractivity contribution in [1.29, 1.82) is 0 Å². The van der Waals surface area contributed by atoms with Crippen LogP contribution in [0.2, 0.25) is 0 Å².